The van der Waals surface area contributed by atoms with E-state index in [1.807, 2.05) is 0 Å². The van der Waals surface area contributed by atoms with E-state index in [1.54, 1.807) is 0 Å². The smallest absolute Gasteiger partial charge is 0.217 e. The predicted octanol–water partition coefficient (Wildman–Crippen LogP) is -0.539. The molecule has 0 heterocycles. The Morgan fingerprint density at radius 3 is 1.91 bits per heavy atom. The lowest BCUT2D eigenvalue weighted by atomic mass is 10.1. The van der Waals surface area contributed by atoms with Crippen LogP contribution in [0.25, 0.3) is 0 Å². The molecule has 0 rings (SSSR count). The number of ketones is 1. The highest BCUT2D eigenvalue weighted by atomic mass is 16.3. The van der Waals surface area contributed by atoms with Crippen molar-refractivity contribution in [1.82, 2.24) is 5.32 Å². The molecule has 0 saturated carbocycles. The summed E-state index contributed by atoms with van der Waals surface area (Å²) < 4.78 is 0. The molecule has 0 saturated heterocycles. The molecule has 2 atom stereocenters. The van der Waals surface area contributed by atoms with E-state index in [2.05, 4.69) is 5.32 Å². The van der Waals surface area contributed by atoms with Gasteiger partial charge in [-0.3, -0.25) is 9.59 Å². The zero-order chi connectivity index (χ0) is 9.02. The van der Waals surface area contributed by atoms with Gasteiger partial charge in [-0.1, -0.05) is 0 Å². The van der Waals surface area contributed by atoms with Crippen molar-refractivity contribution >= 4 is 11.7 Å². The van der Waals surface area contributed by atoms with Gasteiger partial charge in [-0.05, 0) is 13.8 Å². The van der Waals surface area contributed by atoms with Crippen LogP contribution in [-0.4, -0.2) is 28.9 Å². The molecule has 4 heteroatoms. The molecule has 0 aliphatic carbocycles. The highest BCUT2D eigenvalue weighted by Crippen LogP contribution is 1.93. The third-order valence-electron chi connectivity index (χ3n) is 1.28. The molecule has 0 spiro atoms. The third-order valence-corrected chi connectivity index (χ3v) is 1.28. The SMILES string of the molecule is CC(=O)N[C@@H](C(C)=O)C(C)O. The van der Waals surface area contributed by atoms with Gasteiger partial charge in [0.25, 0.3) is 0 Å². The van der Waals surface area contributed by atoms with Gasteiger partial charge in [0, 0.05) is 6.92 Å². The van der Waals surface area contributed by atoms with E-state index >= 15 is 0 Å². The Kier molecular flexibility index (Phi) is 3.74. The quantitative estimate of drug-likeness (QED) is 0.581. The molecule has 0 aromatic carbocycles. The molecular weight excluding hydrogens is 146 g/mol. The number of aliphatic hydroxyl groups is 1. The van der Waals surface area contributed by atoms with Crippen LogP contribution in [0.2, 0.25) is 0 Å². The van der Waals surface area contributed by atoms with Crippen molar-refractivity contribution in [3.05, 3.63) is 0 Å². The molecule has 2 N–H and O–H groups in total. The van der Waals surface area contributed by atoms with Crippen molar-refractivity contribution in [1.29, 1.82) is 0 Å². The Bertz CT molecular complexity index is 165. The number of Topliss-reactive ketones (excluding diaryl/α,β-unsaturated/α-hetero) is 1. The minimum atomic E-state index is -0.837. The minimum Gasteiger partial charge on any atom is -0.391 e. The number of rotatable bonds is 3. The Balaban J connectivity index is 4.12. The fraction of sp³-hybridized carbons (Fsp3) is 0.714. The molecule has 0 aromatic rings. The van der Waals surface area contributed by atoms with Gasteiger partial charge in [0.2, 0.25) is 5.91 Å². The summed E-state index contributed by atoms with van der Waals surface area (Å²) in [7, 11) is 0. The number of hydrogen-bond acceptors (Lipinski definition) is 3. The van der Waals surface area contributed by atoms with Gasteiger partial charge in [0.15, 0.2) is 5.78 Å². The van der Waals surface area contributed by atoms with E-state index in [0.29, 0.717) is 0 Å². The normalized spacial score (nSPS) is 15.3. The van der Waals surface area contributed by atoms with Crippen LogP contribution in [0.15, 0.2) is 0 Å². The summed E-state index contributed by atoms with van der Waals surface area (Å²) in [6.45, 7) is 4.09. The summed E-state index contributed by atoms with van der Waals surface area (Å²) in [5.41, 5.74) is 0. The molecule has 1 unspecified atom stereocenters. The number of carbonyl (C=O) groups is 2. The molecule has 0 aromatic heterocycles. The summed E-state index contributed by atoms with van der Waals surface area (Å²) in [5, 5.41) is 11.3. The van der Waals surface area contributed by atoms with Gasteiger partial charge in [-0.2, -0.15) is 0 Å². The van der Waals surface area contributed by atoms with E-state index < -0.39 is 12.1 Å². The van der Waals surface area contributed by atoms with Gasteiger partial charge in [0.05, 0.1) is 6.10 Å². The summed E-state index contributed by atoms with van der Waals surface area (Å²) in [4.78, 5) is 21.2. The Labute approximate surface area is 65.6 Å². The number of hydrogen-bond donors (Lipinski definition) is 2. The van der Waals surface area contributed by atoms with Crippen molar-refractivity contribution in [3.8, 4) is 0 Å². The van der Waals surface area contributed by atoms with E-state index in [4.69, 9.17) is 5.11 Å². The number of carbonyl (C=O) groups excluding carboxylic acids is 2. The molecule has 4 nitrogen and oxygen atoms in total. The molecular formula is C7H13NO3. The number of nitrogens with one attached hydrogen (secondary N) is 1. The lowest BCUT2D eigenvalue weighted by molar-refractivity contribution is -0.128. The van der Waals surface area contributed by atoms with Crippen LogP contribution < -0.4 is 5.32 Å². The fourth-order valence-corrected chi connectivity index (χ4v) is 0.781. The second kappa shape index (κ2) is 4.08. The van der Waals surface area contributed by atoms with Crippen LogP contribution in [-0.2, 0) is 9.59 Å². The van der Waals surface area contributed by atoms with Crippen LogP contribution in [0.4, 0.5) is 0 Å². The summed E-state index contributed by atoms with van der Waals surface area (Å²) in [5.74, 6) is -0.554. The number of amides is 1. The Morgan fingerprint density at radius 1 is 1.36 bits per heavy atom. The fourth-order valence-electron chi connectivity index (χ4n) is 0.781. The zero-order valence-electron chi connectivity index (χ0n) is 6.92. The van der Waals surface area contributed by atoms with Crippen molar-refractivity contribution in [2.75, 3.05) is 0 Å². The number of aliphatic hydroxyl groups excluding tert-OH is 1. The molecule has 0 bridgehead atoms. The monoisotopic (exact) mass is 159 g/mol. The molecule has 64 valence electrons. The largest absolute Gasteiger partial charge is 0.391 e. The van der Waals surface area contributed by atoms with E-state index in [1.165, 1.54) is 20.8 Å². The lowest BCUT2D eigenvalue weighted by Gasteiger charge is -2.16. The van der Waals surface area contributed by atoms with Crippen LogP contribution >= 0.6 is 0 Å². The highest BCUT2D eigenvalue weighted by molar-refractivity contribution is 5.87. The first-order valence-electron chi connectivity index (χ1n) is 3.40. The minimum absolute atomic E-state index is 0.241. The highest BCUT2D eigenvalue weighted by Gasteiger charge is 2.19. The van der Waals surface area contributed by atoms with E-state index in [-0.39, 0.29) is 11.7 Å². The van der Waals surface area contributed by atoms with Crippen LogP contribution in [0.5, 0.6) is 0 Å². The molecule has 0 aliphatic heterocycles. The average Bonchev–Trinajstić information content (AvgIpc) is 1.81. The van der Waals surface area contributed by atoms with E-state index in [0.717, 1.165) is 0 Å². The maximum absolute atomic E-state index is 10.7. The average molecular weight is 159 g/mol. The molecule has 0 fully saturated rings. The first kappa shape index (κ1) is 10.1. The molecule has 1 amide bonds. The maximum atomic E-state index is 10.7. The lowest BCUT2D eigenvalue weighted by Crippen LogP contribution is -2.45. The van der Waals surface area contributed by atoms with Crippen molar-refractivity contribution in [3.63, 3.8) is 0 Å². The van der Waals surface area contributed by atoms with Crippen molar-refractivity contribution in [2.45, 2.75) is 32.9 Å². The molecule has 0 radical (unpaired) electrons. The van der Waals surface area contributed by atoms with Crippen LogP contribution in [0.1, 0.15) is 20.8 Å². The van der Waals surface area contributed by atoms with Gasteiger partial charge in [-0.15, -0.1) is 0 Å². The van der Waals surface area contributed by atoms with Crippen LogP contribution in [0.3, 0.4) is 0 Å². The summed E-state index contributed by atoms with van der Waals surface area (Å²) >= 11 is 0. The Hall–Kier alpha value is -0.900. The molecule has 0 aliphatic rings. The topological polar surface area (TPSA) is 66.4 Å². The second-order valence-electron chi connectivity index (χ2n) is 2.53. The van der Waals surface area contributed by atoms with Gasteiger partial charge >= 0.3 is 0 Å². The van der Waals surface area contributed by atoms with Gasteiger partial charge in [-0.25, -0.2) is 0 Å². The third kappa shape index (κ3) is 3.72. The summed E-state index contributed by atoms with van der Waals surface area (Å²) in [6, 6.07) is -0.771. The Morgan fingerprint density at radius 2 is 1.82 bits per heavy atom. The van der Waals surface area contributed by atoms with Gasteiger partial charge < -0.3 is 10.4 Å². The van der Waals surface area contributed by atoms with Crippen LogP contribution in [0, 0.1) is 0 Å². The van der Waals surface area contributed by atoms with Gasteiger partial charge in [0.1, 0.15) is 6.04 Å². The first-order valence-corrected chi connectivity index (χ1v) is 3.40. The molecule has 11 heavy (non-hydrogen) atoms. The second-order valence-corrected chi connectivity index (χ2v) is 2.53. The standard InChI is InChI=1S/C7H13NO3/c1-4(9)7(5(2)10)8-6(3)11/h4,7,9H,1-3H3,(H,8,11)/t4?,7-/m1/s1. The first-order chi connectivity index (χ1) is 4.95. The predicted molar refractivity (Wildman–Crippen MR) is 40.0 cm³/mol. The van der Waals surface area contributed by atoms with Crippen molar-refractivity contribution in [2.24, 2.45) is 0 Å². The van der Waals surface area contributed by atoms with Crippen molar-refractivity contribution < 1.29 is 14.7 Å². The zero-order valence-corrected chi connectivity index (χ0v) is 6.92. The summed E-state index contributed by atoms with van der Waals surface area (Å²) in [6.07, 6.45) is -0.837. The maximum Gasteiger partial charge on any atom is 0.217 e. The van der Waals surface area contributed by atoms with E-state index in [9.17, 15) is 9.59 Å².